The van der Waals surface area contributed by atoms with Gasteiger partial charge in [-0.05, 0) is 45.3 Å². The lowest BCUT2D eigenvalue weighted by Gasteiger charge is -2.38. The van der Waals surface area contributed by atoms with Crippen LogP contribution in [0.2, 0.25) is 0 Å². The van der Waals surface area contributed by atoms with Gasteiger partial charge in [0, 0.05) is 19.3 Å². The lowest BCUT2D eigenvalue weighted by Crippen LogP contribution is -2.45. The summed E-state index contributed by atoms with van der Waals surface area (Å²) >= 11 is 0. The molecule has 0 radical (unpaired) electrons. The van der Waals surface area contributed by atoms with Crippen molar-refractivity contribution in [1.29, 1.82) is 0 Å². The zero-order chi connectivity index (χ0) is 10.6. The number of hydrogen-bond acceptors (Lipinski definition) is 3. The van der Waals surface area contributed by atoms with Gasteiger partial charge < -0.3 is 15.4 Å². The summed E-state index contributed by atoms with van der Waals surface area (Å²) in [6, 6.07) is 0.615. The monoisotopic (exact) mass is 200 g/mol. The summed E-state index contributed by atoms with van der Waals surface area (Å²) in [5.74, 6) is 1.34. The summed E-state index contributed by atoms with van der Waals surface area (Å²) in [5.41, 5.74) is 5.76. The molecule has 0 aromatic rings. The second kappa shape index (κ2) is 5.69. The van der Waals surface area contributed by atoms with E-state index in [1.807, 2.05) is 0 Å². The molecule has 1 heterocycles. The third kappa shape index (κ3) is 2.94. The van der Waals surface area contributed by atoms with Crippen molar-refractivity contribution in [3.63, 3.8) is 0 Å². The molecule has 84 valence electrons. The smallest absolute Gasteiger partial charge is 0.0469 e. The maximum Gasteiger partial charge on any atom is 0.0469 e. The van der Waals surface area contributed by atoms with E-state index < -0.39 is 0 Å². The summed E-state index contributed by atoms with van der Waals surface area (Å²) in [4.78, 5) is 2.33. The molecule has 1 fully saturated rings. The van der Waals surface area contributed by atoms with Gasteiger partial charge in [0.05, 0.1) is 0 Å². The number of ether oxygens (including phenoxy) is 1. The first kappa shape index (κ1) is 12.0. The fraction of sp³-hybridized carbons (Fsp3) is 1.00. The first-order valence-electron chi connectivity index (χ1n) is 5.61. The minimum Gasteiger partial charge on any atom is -0.381 e. The molecule has 0 bridgehead atoms. The van der Waals surface area contributed by atoms with Gasteiger partial charge in [-0.25, -0.2) is 0 Å². The maximum atomic E-state index is 5.76. The molecular weight excluding hydrogens is 176 g/mol. The molecule has 3 nitrogen and oxygen atoms in total. The van der Waals surface area contributed by atoms with Crippen LogP contribution in [0.1, 0.15) is 19.8 Å². The Kier molecular flexibility index (Phi) is 4.85. The zero-order valence-corrected chi connectivity index (χ0v) is 9.70. The van der Waals surface area contributed by atoms with Gasteiger partial charge >= 0.3 is 0 Å². The highest BCUT2D eigenvalue weighted by Crippen LogP contribution is 2.26. The predicted molar refractivity (Wildman–Crippen MR) is 59.2 cm³/mol. The highest BCUT2D eigenvalue weighted by molar-refractivity contribution is 4.82. The molecule has 14 heavy (non-hydrogen) atoms. The Hall–Kier alpha value is -0.120. The lowest BCUT2D eigenvalue weighted by molar-refractivity contribution is 0.0240. The Balaban J connectivity index is 2.56. The number of rotatable bonds is 4. The van der Waals surface area contributed by atoms with E-state index in [-0.39, 0.29) is 0 Å². The molecule has 2 atom stereocenters. The standard InChI is InChI=1S/C11H24N2O/c1-9(8-12)11(13(2)3)10-4-6-14-7-5-10/h9-11H,4-8,12H2,1-3H3. The molecule has 3 heteroatoms. The van der Waals surface area contributed by atoms with Crippen molar-refractivity contribution in [1.82, 2.24) is 4.90 Å². The summed E-state index contributed by atoms with van der Waals surface area (Å²) in [7, 11) is 4.32. The second-order valence-corrected chi connectivity index (χ2v) is 4.62. The Bertz CT molecular complexity index is 155. The average Bonchev–Trinajstić information content (AvgIpc) is 2.19. The van der Waals surface area contributed by atoms with Gasteiger partial charge in [0.25, 0.3) is 0 Å². The number of hydrogen-bond donors (Lipinski definition) is 1. The minimum atomic E-state index is 0.577. The second-order valence-electron chi connectivity index (χ2n) is 4.62. The van der Waals surface area contributed by atoms with Gasteiger partial charge in [0.2, 0.25) is 0 Å². The van der Waals surface area contributed by atoms with E-state index in [4.69, 9.17) is 10.5 Å². The lowest BCUT2D eigenvalue weighted by atomic mass is 9.83. The minimum absolute atomic E-state index is 0.577. The topological polar surface area (TPSA) is 38.5 Å². The quantitative estimate of drug-likeness (QED) is 0.734. The van der Waals surface area contributed by atoms with Crippen LogP contribution in [0.5, 0.6) is 0 Å². The molecule has 1 aliphatic heterocycles. The average molecular weight is 200 g/mol. The third-order valence-electron chi connectivity index (χ3n) is 3.30. The van der Waals surface area contributed by atoms with E-state index in [9.17, 15) is 0 Å². The highest BCUT2D eigenvalue weighted by Gasteiger charge is 2.29. The summed E-state index contributed by atoms with van der Waals surface area (Å²) in [6.07, 6.45) is 2.38. The maximum absolute atomic E-state index is 5.76. The van der Waals surface area contributed by atoms with Crippen molar-refractivity contribution < 1.29 is 4.74 Å². The molecule has 0 aromatic heterocycles. The molecule has 0 amide bonds. The first-order chi connectivity index (χ1) is 6.66. The van der Waals surface area contributed by atoms with Crippen molar-refractivity contribution in [2.75, 3.05) is 33.9 Å². The summed E-state index contributed by atoms with van der Waals surface area (Å²) < 4.78 is 5.39. The van der Waals surface area contributed by atoms with Gasteiger partial charge in [0.15, 0.2) is 0 Å². The van der Waals surface area contributed by atoms with E-state index in [1.54, 1.807) is 0 Å². The SMILES string of the molecule is CC(CN)C(C1CCOCC1)N(C)C. The third-order valence-corrected chi connectivity index (χ3v) is 3.30. The van der Waals surface area contributed by atoms with Crippen molar-refractivity contribution in [3.05, 3.63) is 0 Å². The van der Waals surface area contributed by atoms with Gasteiger partial charge in [-0.3, -0.25) is 0 Å². The zero-order valence-electron chi connectivity index (χ0n) is 9.70. The Morgan fingerprint density at radius 3 is 2.36 bits per heavy atom. The normalized spacial score (nSPS) is 23.8. The number of nitrogens with zero attached hydrogens (tertiary/aromatic N) is 1. The Morgan fingerprint density at radius 2 is 1.93 bits per heavy atom. The van der Waals surface area contributed by atoms with Crippen molar-refractivity contribution in [2.24, 2.45) is 17.6 Å². The molecule has 0 aliphatic carbocycles. The number of nitrogens with two attached hydrogens (primary N) is 1. The van der Waals surface area contributed by atoms with Crippen LogP contribution in [-0.4, -0.2) is 44.8 Å². The van der Waals surface area contributed by atoms with Crippen LogP contribution in [0.3, 0.4) is 0 Å². The van der Waals surface area contributed by atoms with Crippen LogP contribution in [0, 0.1) is 11.8 Å². The highest BCUT2D eigenvalue weighted by atomic mass is 16.5. The van der Waals surface area contributed by atoms with Crippen LogP contribution < -0.4 is 5.73 Å². The molecule has 2 N–H and O–H groups in total. The van der Waals surface area contributed by atoms with E-state index >= 15 is 0 Å². The van der Waals surface area contributed by atoms with Crippen LogP contribution >= 0.6 is 0 Å². The molecule has 0 spiro atoms. The van der Waals surface area contributed by atoms with Gasteiger partial charge in [-0.15, -0.1) is 0 Å². The van der Waals surface area contributed by atoms with Gasteiger partial charge in [0.1, 0.15) is 0 Å². The first-order valence-corrected chi connectivity index (χ1v) is 5.61. The molecule has 0 aromatic carbocycles. The van der Waals surface area contributed by atoms with Gasteiger partial charge in [-0.2, -0.15) is 0 Å². The van der Waals surface area contributed by atoms with Crippen LogP contribution in [0.4, 0.5) is 0 Å². The van der Waals surface area contributed by atoms with Crippen molar-refractivity contribution >= 4 is 0 Å². The van der Waals surface area contributed by atoms with Crippen molar-refractivity contribution in [3.8, 4) is 0 Å². The summed E-state index contributed by atoms with van der Waals surface area (Å²) in [5, 5.41) is 0. The molecule has 1 saturated heterocycles. The molecule has 1 aliphatic rings. The molecule has 0 saturated carbocycles. The molecule has 2 unspecified atom stereocenters. The largest absolute Gasteiger partial charge is 0.381 e. The van der Waals surface area contributed by atoms with E-state index in [0.717, 1.165) is 25.7 Å². The van der Waals surface area contributed by atoms with E-state index in [2.05, 4.69) is 25.9 Å². The Morgan fingerprint density at radius 1 is 1.36 bits per heavy atom. The van der Waals surface area contributed by atoms with Crippen molar-refractivity contribution in [2.45, 2.75) is 25.8 Å². The van der Waals surface area contributed by atoms with E-state index in [0.29, 0.717) is 12.0 Å². The fourth-order valence-corrected chi connectivity index (χ4v) is 2.59. The van der Waals surface area contributed by atoms with Crippen LogP contribution in [-0.2, 0) is 4.74 Å². The summed E-state index contributed by atoms with van der Waals surface area (Å²) in [6.45, 7) is 4.87. The molecule has 1 rings (SSSR count). The fourth-order valence-electron chi connectivity index (χ4n) is 2.59. The molecular formula is C11H24N2O. The van der Waals surface area contributed by atoms with E-state index in [1.165, 1.54) is 12.8 Å². The van der Waals surface area contributed by atoms with Crippen LogP contribution in [0.15, 0.2) is 0 Å². The van der Waals surface area contributed by atoms with Crippen LogP contribution in [0.25, 0.3) is 0 Å². The predicted octanol–water partition coefficient (Wildman–Crippen LogP) is 0.938. The Labute approximate surface area is 87.6 Å². The van der Waals surface area contributed by atoms with Gasteiger partial charge in [-0.1, -0.05) is 6.92 Å².